The lowest BCUT2D eigenvalue weighted by molar-refractivity contribution is -0.125. The molecule has 2 aliphatic heterocycles. The van der Waals surface area contributed by atoms with Gasteiger partial charge >= 0.3 is 6.03 Å². The molecule has 3 amide bonds. The number of halogens is 1. The summed E-state index contributed by atoms with van der Waals surface area (Å²) in [6.45, 7) is 3.29. The van der Waals surface area contributed by atoms with Gasteiger partial charge in [0.2, 0.25) is 0 Å². The maximum atomic E-state index is 12.8. The molecule has 2 heterocycles. The maximum absolute atomic E-state index is 12.8. The van der Waals surface area contributed by atoms with E-state index in [4.69, 9.17) is 11.6 Å². The molecule has 0 spiro atoms. The van der Waals surface area contributed by atoms with E-state index in [0.717, 1.165) is 24.1 Å². The third-order valence-corrected chi connectivity index (χ3v) is 4.78. The van der Waals surface area contributed by atoms with Gasteiger partial charge < -0.3 is 10.2 Å². The second kappa shape index (κ2) is 6.24. The van der Waals surface area contributed by atoms with Gasteiger partial charge in [-0.05, 0) is 18.1 Å². The van der Waals surface area contributed by atoms with Gasteiger partial charge in [-0.2, -0.15) is 0 Å². The third-order valence-electron chi connectivity index (χ3n) is 4.43. The van der Waals surface area contributed by atoms with Crippen LogP contribution >= 0.6 is 11.6 Å². The molecule has 0 radical (unpaired) electrons. The Kier molecular flexibility index (Phi) is 4.31. The highest BCUT2D eigenvalue weighted by molar-refractivity contribution is 6.31. The van der Waals surface area contributed by atoms with Crippen LogP contribution < -0.4 is 5.32 Å². The Morgan fingerprint density at radius 3 is 2.74 bits per heavy atom. The summed E-state index contributed by atoms with van der Waals surface area (Å²) >= 11 is 6.29. The average molecular weight is 334 g/mol. The minimum absolute atomic E-state index is 0.00906. The summed E-state index contributed by atoms with van der Waals surface area (Å²) in [6, 6.07) is 6.63. The van der Waals surface area contributed by atoms with E-state index >= 15 is 0 Å². The number of likely N-dealkylation sites (N-methyl/N-ethyl adjacent to an activating group) is 1. The predicted molar refractivity (Wildman–Crippen MR) is 89.0 cm³/mol. The van der Waals surface area contributed by atoms with E-state index in [9.17, 15) is 9.59 Å². The Morgan fingerprint density at radius 1 is 1.30 bits per heavy atom. The highest BCUT2D eigenvalue weighted by Gasteiger charge is 2.42. The molecule has 0 fully saturated rings. The first-order valence-electron chi connectivity index (χ1n) is 7.85. The zero-order valence-corrected chi connectivity index (χ0v) is 14.1. The fraction of sp³-hybridized carbons (Fsp3) is 0.412. The van der Waals surface area contributed by atoms with Crippen molar-refractivity contribution < 1.29 is 9.59 Å². The summed E-state index contributed by atoms with van der Waals surface area (Å²) in [7, 11) is 1.70. The zero-order valence-electron chi connectivity index (χ0n) is 13.3. The van der Waals surface area contributed by atoms with Crippen LogP contribution in [-0.2, 0) is 4.79 Å². The van der Waals surface area contributed by atoms with Crippen LogP contribution in [0, 0.1) is 0 Å². The predicted octanol–water partition coefficient (Wildman–Crippen LogP) is 2.93. The van der Waals surface area contributed by atoms with Crippen molar-refractivity contribution in [2.45, 2.75) is 25.8 Å². The van der Waals surface area contributed by atoms with Crippen LogP contribution in [0.4, 0.5) is 4.79 Å². The van der Waals surface area contributed by atoms with Gasteiger partial charge in [-0.3, -0.25) is 9.69 Å². The van der Waals surface area contributed by atoms with Crippen molar-refractivity contribution in [1.82, 2.24) is 15.1 Å². The molecule has 0 saturated carbocycles. The van der Waals surface area contributed by atoms with E-state index in [2.05, 4.69) is 12.2 Å². The van der Waals surface area contributed by atoms with Crippen LogP contribution in [0.2, 0.25) is 5.02 Å². The van der Waals surface area contributed by atoms with Crippen LogP contribution in [0.5, 0.6) is 0 Å². The number of amides is 3. The summed E-state index contributed by atoms with van der Waals surface area (Å²) in [5.41, 5.74) is 2.17. The van der Waals surface area contributed by atoms with Gasteiger partial charge in [-0.15, -0.1) is 0 Å². The van der Waals surface area contributed by atoms with E-state index < -0.39 is 6.04 Å². The van der Waals surface area contributed by atoms with Crippen molar-refractivity contribution in [3.63, 3.8) is 0 Å². The molecule has 1 atom stereocenters. The van der Waals surface area contributed by atoms with E-state index in [-0.39, 0.29) is 11.9 Å². The number of nitrogens with one attached hydrogen (secondary N) is 1. The van der Waals surface area contributed by atoms with Crippen LogP contribution in [0.3, 0.4) is 0 Å². The smallest absolute Gasteiger partial charge is 0.322 e. The number of rotatable bonds is 4. The Labute approximate surface area is 140 Å². The Bertz CT molecular complexity index is 686. The van der Waals surface area contributed by atoms with Gasteiger partial charge in [0.05, 0.1) is 23.9 Å². The first-order valence-corrected chi connectivity index (χ1v) is 8.23. The van der Waals surface area contributed by atoms with Gasteiger partial charge in [0.1, 0.15) is 0 Å². The average Bonchev–Trinajstić information content (AvgIpc) is 2.87. The Balaban J connectivity index is 2.00. The second-order valence-electron chi connectivity index (χ2n) is 5.90. The number of carbonyl (C=O) groups excluding carboxylic acids is 2. The van der Waals surface area contributed by atoms with Crippen molar-refractivity contribution in [2.75, 3.05) is 20.1 Å². The number of unbranched alkanes of at least 4 members (excludes halogenated alkanes) is 1. The lowest BCUT2D eigenvalue weighted by atomic mass is 9.95. The molecule has 122 valence electrons. The SMILES string of the molecule is CCCCN1CC2=C(C1=O)[C@@H](c1ccccc1Cl)NC(=O)N2C. The molecule has 1 aromatic carbocycles. The van der Waals surface area contributed by atoms with Crippen molar-refractivity contribution in [1.29, 1.82) is 0 Å². The molecular formula is C17H20ClN3O2. The Hall–Kier alpha value is -2.01. The monoisotopic (exact) mass is 333 g/mol. The lowest BCUT2D eigenvalue weighted by Gasteiger charge is -2.31. The van der Waals surface area contributed by atoms with Crippen LogP contribution in [-0.4, -0.2) is 41.9 Å². The normalized spacial score (nSPS) is 20.9. The number of urea groups is 1. The topological polar surface area (TPSA) is 52.7 Å². The molecule has 0 unspecified atom stereocenters. The van der Waals surface area contributed by atoms with E-state index in [1.54, 1.807) is 13.1 Å². The molecular weight excluding hydrogens is 314 g/mol. The van der Waals surface area contributed by atoms with Gasteiger partial charge in [0.15, 0.2) is 0 Å². The van der Waals surface area contributed by atoms with Crippen LogP contribution in [0.15, 0.2) is 35.5 Å². The number of benzene rings is 1. The first kappa shape index (κ1) is 15.9. The number of hydrogen-bond donors (Lipinski definition) is 1. The van der Waals surface area contributed by atoms with Crippen LogP contribution in [0.25, 0.3) is 0 Å². The molecule has 2 aliphatic rings. The van der Waals surface area contributed by atoms with Crippen molar-refractivity contribution >= 4 is 23.5 Å². The highest BCUT2D eigenvalue weighted by Crippen LogP contribution is 2.37. The van der Waals surface area contributed by atoms with Gasteiger partial charge in [0.25, 0.3) is 5.91 Å². The maximum Gasteiger partial charge on any atom is 0.322 e. The summed E-state index contributed by atoms with van der Waals surface area (Å²) in [5, 5.41) is 3.45. The lowest BCUT2D eigenvalue weighted by Crippen LogP contribution is -2.45. The van der Waals surface area contributed by atoms with E-state index in [1.807, 2.05) is 23.1 Å². The summed E-state index contributed by atoms with van der Waals surface area (Å²) < 4.78 is 0. The molecule has 0 aromatic heterocycles. The molecule has 1 aromatic rings. The van der Waals surface area contributed by atoms with Crippen molar-refractivity contribution in [3.8, 4) is 0 Å². The molecule has 0 bridgehead atoms. The minimum Gasteiger partial charge on any atom is -0.333 e. The molecule has 0 saturated heterocycles. The molecule has 5 nitrogen and oxygen atoms in total. The third kappa shape index (κ3) is 2.70. The van der Waals surface area contributed by atoms with Crippen LogP contribution in [0.1, 0.15) is 31.4 Å². The van der Waals surface area contributed by atoms with Crippen molar-refractivity contribution in [2.24, 2.45) is 0 Å². The molecule has 6 heteroatoms. The van der Waals surface area contributed by atoms with Gasteiger partial charge in [-0.25, -0.2) is 4.79 Å². The largest absolute Gasteiger partial charge is 0.333 e. The first-order chi connectivity index (χ1) is 11.0. The molecule has 23 heavy (non-hydrogen) atoms. The number of hydrogen-bond acceptors (Lipinski definition) is 2. The standard InChI is InChI=1S/C17H20ClN3O2/c1-3-4-9-21-10-13-14(16(21)22)15(19-17(23)20(13)2)11-7-5-6-8-12(11)18/h5-8,15H,3-4,9-10H2,1-2H3,(H,19,23)/t15-/m1/s1. The van der Waals surface area contributed by atoms with E-state index in [0.29, 0.717) is 23.7 Å². The van der Waals surface area contributed by atoms with E-state index in [1.165, 1.54) is 4.90 Å². The molecule has 0 aliphatic carbocycles. The summed E-state index contributed by atoms with van der Waals surface area (Å²) in [4.78, 5) is 28.5. The second-order valence-corrected chi connectivity index (χ2v) is 6.31. The fourth-order valence-electron chi connectivity index (χ4n) is 3.10. The number of nitrogens with zero attached hydrogens (tertiary/aromatic N) is 2. The summed E-state index contributed by atoms with van der Waals surface area (Å²) in [6.07, 6.45) is 1.98. The fourth-order valence-corrected chi connectivity index (χ4v) is 3.34. The molecule has 1 N–H and O–H groups in total. The van der Waals surface area contributed by atoms with Gasteiger partial charge in [-0.1, -0.05) is 43.1 Å². The summed E-state index contributed by atoms with van der Waals surface area (Å²) in [5.74, 6) is -0.00906. The minimum atomic E-state index is -0.485. The molecule has 3 rings (SSSR count). The quantitative estimate of drug-likeness (QED) is 0.921. The van der Waals surface area contributed by atoms with Crippen molar-refractivity contribution in [3.05, 3.63) is 46.1 Å². The van der Waals surface area contributed by atoms with Gasteiger partial charge in [0, 0.05) is 18.6 Å². The zero-order chi connectivity index (χ0) is 16.6. The highest BCUT2D eigenvalue weighted by atomic mass is 35.5. The Morgan fingerprint density at radius 2 is 2.04 bits per heavy atom. The number of carbonyl (C=O) groups is 2.